The molecule has 1 heterocycles. The van der Waals surface area contributed by atoms with Crippen LogP contribution in [-0.2, 0) is 10.0 Å². The maximum absolute atomic E-state index is 12.5. The molecule has 0 bridgehead atoms. The fourth-order valence-electron chi connectivity index (χ4n) is 2.83. The average Bonchev–Trinajstić information content (AvgIpc) is 2.77. The second-order valence-corrected chi connectivity index (χ2v) is 8.39. The molecule has 0 aliphatic heterocycles. The Morgan fingerprint density at radius 3 is 2.20 bits per heavy atom. The van der Waals surface area contributed by atoms with Gasteiger partial charge in [0, 0.05) is 30.7 Å². The fourth-order valence-corrected chi connectivity index (χ4v) is 4.23. The zero-order chi connectivity index (χ0) is 21.4. The molecule has 0 amide bonds. The summed E-state index contributed by atoms with van der Waals surface area (Å²) in [6, 6.07) is 20.9. The molecule has 3 rings (SSSR count). The predicted molar refractivity (Wildman–Crippen MR) is 122 cm³/mol. The van der Waals surface area contributed by atoms with Crippen LogP contribution in [-0.4, -0.2) is 37.0 Å². The molecular formula is C22H25N5O2S. The van der Waals surface area contributed by atoms with Crippen molar-refractivity contribution in [3.05, 3.63) is 78.5 Å². The molecule has 2 N–H and O–H groups in total. The number of hydrazone groups is 1. The van der Waals surface area contributed by atoms with Gasteiger partial charge in [0.15, 0.2) is 0 Å². The highest BCUT2D eigenvalue weighted by molar-refractivity contribution is 7.89. The first-order chi connectivity index (χ1) is 14.5. The van der Waals surface area contributed by atoms with Gasteiger partial charge in [-0.1, -0.05) is 44.2 Å². The molecule has 156 valence electrons. The summed E-state index contributed by atoms with van der Waals surface area (Å²) in [6.07, 6.45) is 3.02. The third kappa shape index (κ3) is 5.43. The largest absolute Gasteiger partial charge is 0.356 e. The van der Waals surface area contributed by atoms with Gasteiger partial charge in [0.05, 0.1) is 6.21 Å². The highest BCUT2D eigenvalue weighted by atomic mass is 32.2. The van der Waals surface area contributed by atoms with Crippen molar-refractivity contribution in [3.63, 3.8) is 0 Å². The van der Waals surface area contributed by atoms with Gasteiger partial charge >= 0.3 is 0 Å². The van der Waals surface area contributed by atoms with Crippen LogP contribution in [0.5, 0.6) is 0 Å². The first kappa shape index (κ1) is 21.5. The Balaban J connectivity index is 1.59. The summed E-state index contributed by atoms with van der Waals surface area (Å²) in [5.74, 6) is 0.465. The molecule has 0 saturated carbocycles. The van der Waals surface area contributed by atoms with Crippen LogP contribution in [0.25, 0.3) is 0 Å². The van der Waals surface area contributed by atoms with E-state index in [9.17, 15) is 8.42 Å². The van der Waals surface area contributed by atoms with Gasteiger partial charge < -0.3 is 5.32 Å². The Morgan fingerprint density at radius 2 is 1.60 bits per heavy atom. The van der Waals surface area contributed by atoms with Gasteiger partial charge in [-0.3, -0.25) is 5.43 Å². The van der Waals surface area contributed by atoms with Crippen LogP contribution in [0, 0.1) is 0 Å². The Hall–Kier alpha value is -3.23. The van der Waals surface area contributed by atoms with Crippen molar-refractivity contribution >= 4 is 33.4 Å². The Labute approximate surface area is 177 Å². The second kappa shape index (κ2) is 10.00. The Kier molecular flexibility index (Phi) is 7.16. The molecule has 0 spiro atoms. The quantitative estimate of drug-likeness (QED) is 0.396. The summed E-state index contributed by atoms with van der Waals surface area (Å²) in [4.78, 5) is 4.32. The third-order valence-electron chi connectivity index (χ3n) is 4.45. The minimum atomic E-state index is -3.51. The first-order valence-electron chi connectivity index (χ1n) is 9.70. The molecule has 1 aromatic heterocycles. The van der Waals surface area contributed by atoms with Crippen LogP contribution in [0.2, 0.25) is 0 Å². The van der Waals surface area contributed by atoms with E-state index >= 15 is 0 Å². The summed E-state index contributed by atoms with van der Waals surface area (Å²) in [5, 5.41) is 7.49. The lowest BCUT2D eigenvalue weighted by atomic mass is 10.2. The van der Waals surface area contributed by atoms with E-state index in [1.165, 1.54) is 16.6 Å². The average molecular weight is 424 g/mol. The summed E-state index contributed by atoms with van der Waals surface area (Å²) >= 11 is 0. The standard InChI is InChI=1S/C22H25N5O2S/c1-3-27(4-2)30(28,29)21-14-15-22(23-17-21)26-24-16-18-10-12-20(13-11-18)25-19-8-6-5-7-9-19/h5-17,25H,3-4H2,1-2H3,(H,23,26)/b24-16+. The minimum absolute atomic E-state index is 0.169. The molecule has 7 nitrogen and oxygen atoms in total. The number of para-hydroxylation sites is 1. The van der Waals surface area contributed by atoms with Gasteiger partial charge in [-0.25, -0.2) is 13.4 Å². The third-order valence-corrected chi connectivity index (χ3v) is 6.48. The first-order valence-corrected chi connectivity index (χ1v) is 11.1. The number of hydrogen-bond acceptors (Lipinski definition) is 6. The fraction of sp³-hybridized carbons (Fsp3) is 0.182. The van der Waals surface area contributed by atoms with Gasteiger partial charge in [-0.15, -0.1) is 0 Å². The van der Waals surface area contributed by atoms with Gasteiger partial charge in [-0.2, -0.15) is 9.41 Å². The Morgan fingerprint density at radius 1 is 0.933 bits per heavy atom. The maximum atomic E-state index is 12.5. The normalized spacial score (nSPS) is 11.7. The summed E-state index contributed by atoms with van der Waals surface area (Å²) < 4.78 is 26.4. The molecule has 0 radical (unpaired) electrons. The van der Waals surface area contributed by atoms with E-state index in [2.05, 4.69) is 20.8 Å². The maximum Gasteiger partial charge on any atom is 0.244 e. The number of nitrogens with one attached hydrogen (secondary N) is 2. The number of hydrogen-bond donors (Lipinski definition) is 2. The molecule has 0 fully saturated rings. The number of benzene rings is 2. The monoisotopic (exact) mass is 423 g/mol. The van der Waals surface area contributed by atoms with Crippen molar-refractivity contribution < 1.29 is 8.42 Å². The lowest BCUT2D eigenvalue weighted by Crippen LogP contribution is -2.30. The van der Waals surface area contributed by atoms with Gasteiger partial charge in [0.25, 0.3) is 0 Å². The molecule has 30 heavy (non-hydrogen) atoms. The molecular weight excluding hydrogens is 398 g/mol. The van der Waals surface area contributed by atoms with E-state index in [1.807, 2.05) is 68.4 Å². The van der Waals surface area contributed by atoms with E-state index in [0.29, 0.717) is 18.9 Å². The highest BCUT2D eigenvalue weighted by Crippen LogP contribution is 2.17. The van der Waals surface area contributed by atoms with Crippen molar-refractivity contribution in [2.45, 2.75) is 18.7 Å². The molecule has 3 aromatic rings. The smallest absolute Gasteiger partial charge is 0.244 e. The van der Waals surface area contributed by atoms with Gasteiger partial charge in [0.2, 0.25) is 10.0 Å². The van der Waals surface area contributed by atoms with Crippen molar-refractivity contribution in [2.24, 2.45) is 5.10 Å². The van der Waals surface area contributed by atoms with Crippen LogP contribution < -0.4 is 10.7 Å². The minimum Gasteiger partial charge on any atom is -0.356 e. The molecule has 8 heteroatoms. The SMILES string of the molecule is CCN(CC)S(=O)(=O)c1ccc(N/N=C/c2ccc(Nc3ccccc3)cc2)nc1. The summed E-state index contributed by atoms with van der Waals surface area (Å²) in [6.45, 7) is 4.46. The predicted octanol–water partition coefficient (Wildman–Crippen LogP) is 4.30. The molecule has 2 aromatic carbocycles. The summed E-state index contributed by atoms with van der Waals surface area (Å²) in [5.41, 5.74) is 5.75. The van der Waals surface area contributed by atoms with Crippen molar-refractivity contribution in [1.29, 1.82) is 0 Å². The van der Waals surface area contributed by atoms with E-state index in [0.717, 1.165) is 16.9 Å². The van der Waals surface area contributed by atoms with Gasteiger partial charge in [0.1, 0.15) is 10.7 Å². The number of sulfonamides is 1. The highest BCUT2D eigenvalue weighted by Gasteiger charge is 2.21. The zero-order valence-corrected chi connectivity index (χ0v) is 17.8. The molecule has 0 aliphatic carbocycles. The number of pyridine rings is 1. The molecule has 0 saturated heterocycles. The van der Waals surface area contributed by atoms with E-state index < -0.39 is 10.0 Å². The van der Waals surface area contributed by atoms with E-state index in [4.69, 9.17) is 0 Å². The lowest BCUT2D eigenvalue weighted by molar-refractivity contribution is 0.445. The van der Waals surface area contributed by atoms with Crippen LogP contribution >= 0.6 is 0 Å². The van der Waals surface area contributed by atoms with Crippen molar-refractivity contribution in [1.82, 2.24) is 9.29 Å². The second-order valence-electron chi connectivity index (χ2n) is 6.45. The zero-order valence-electron chi connectivity index (χ0n) is 17.0. The molecule has 0 aliphatic rings. The topological polar surface area (TPSA) is 86.7 Å². The van der Waals surface area contributed by atoms with Crippen LogP contribution in [0.15, 0.2) is 82.9 Å². The van der Waals surface area contributed by atoms with Crippen molar-refractivity contribution in [3.8, 4) is 0 Å². The van der Waals surface area contributed by atoms with Crippen LogP contribution in [0.1, 0.15) is 19.4 Å². The lowest BCUT2D eigenvalue weighted by Gasteiger charge is -2.18. The van der Waals surface area contributed by atoms with Crippen LogP contribution in [0.3, 0.4) is 0 Å². The Bertz CT molecular complexity index is 1060. The number of anilines is 3. The summed E-state index contributed by atoms with van der Waals surface area (Å²) in [7, 11) is -3.51. The van der Waals surface area contributed by atoms with Crippen LogP contribution in [0.4, 0.5) is 17.2 Å². The van der Waals surface area contributed by atoms with Gasteiger partial charge in [-0.05, 0) is 42.0 Å². The van der Waals surface area contributed by atoms with Crippen molar-refractivity contribution in [2.75, 3.05) is 23.8 Å². The number of nitrogens with zero attached hydrogens (tertiary/aromatic N) is 3. The number of aromatic nitrogens is 1. The number of rotatable bonds is 9. The van der Waals surface area contributed by atoms with E-state index in [-0.39, 0.29) is 4.90 Å². The molecule has 0 unspecified atom stereocenters. The molecule has 0 atom stereocenters. The van der Waals surface area contributed by atoms with E-state index in [1.54, 1.807) is 12.3 Å².